The predicted octanol–water partition coefficient (Wildman–Crippen LogP) is 4.30. The van der Waals surface area contributed by atoms with Crippen LogP contribution in [0.25, 0.3) is 0 Å². The van der Waals surface area contributed by atoms with Crippen LogP contribution in [0.5, 0.6) is 5.75 Å². The topological polar surface area (TPSA) is 54.7 Å². The standard InChI is InChI=1S/C20H22N2O3S/c1-15-7-8-19(24-2)18(11-15)21-20(23)14-22(12-16-5-3-9-25-16)13-17-6-4-10-26-17/h3-11H,12-14H2,1-2H3,(H,21,23). The smallest absolute Gasteiger partial charge is 0.238 e. The van der Waals surface area contributed by atoms with Gasteiger partial charge in [-0.05, 0) is 48.2 Å². The number of carbonyl (C=O) groups is 1. The van der Waals surface area contributed by atoms with Crippen LogP contribution in [0.15, 0.2) is 58.5 Å². The number of methoxy groups -OCH3 is 1. The highest BCUT2D eigenvalue weighted by molar-refractivity contribution is 7.09. The molecule has 0 saturated heterocycles. The van der Waals surface area contributed by atoms with E-state index in [1.807, 2.05) is 48.7 Å². The minimum Gasteiger partial charge on any atom is -0.495 e. The molecule has 1 aromatic carbocycles. The lowest BCUT2D eigenvalue weighted by atomic mass is 10.2. The summed E-state index contributed by atoms with van der Waals surface area (Å²) in [6, 6.07) is 13.6. The fourth-order valence-electron chi connectivity index (χ4n) is 2.73. The molecule has 1 amide bonds. The first kappa shape index (κ1) is 18.2. The number of carbonyl (C=O) groups excluding carboxylic acids is 1. The van der Waals surface area contributed by atoms with Crippen molar-refractivity contribution >= 4 is 22.9 Å². The van der Waals surface area contributed by atoms with Gasteiger partial charge < -0.3 is 14.5 Å². The van der Waals surface area contributed by atoms with Gasteiger partial charge in [0.1, 0.15) is 11.5 Å². The molecule has 6 heteroatoms. The van der Waals surface area contributed by atoms with Crippen molar-refractivity contribution in [2.24, 2.45) is 0 Å². The molecular formula is C20H22N2O3S. The van der Waals surface area contributed by atoms with Gasteiger partial charge in [-0.3, -0.25) is 9.69 Å². The molecule has 5 nitrogen and oxygen atoms in total. The molecule has 2 aromatic heterocycles. The van der Waals surface area contributed by atoms with Gasteiger partial charge in [0.25, 0.3) is 0 Å². The largest absolute Gasteiger partial charge is 0.495 e. The molecule has 0 saturated carbocycles. The summed E-state index contributed by atoms with van der Waals surface area (Å²) < 4.78 is 10.8. The molecule has 136 valence electrons. The molecule has 0 radical (unpaired) electrons. The van der Waals surface area contributed by atoms with Crippen LogP contribution in [0.3, 0.4) is 0 Å². The maximum absolute atomic E-state index is 12.6. The Kier molecular flexibility index (Phi) is 6.09. The van der Waals surface area contributed by atoms with E-state index in [2.05, 4.69) is 16.3 Å². The summed E-state index contributed by atoms with van der Waals surface area (Å²) in [7, 11) is 1.60. The summed E-state index contributed by atoms with van der Waals surface area (Å²) in [5.41, 5.74) is 1.75. The van der Waals surface area contributed by atoms with E-state index in [4.69, 9.17) is 9.15 Å². The van der Waals surface area contributed by atoms with Gasteiger partial charge in [0.15, 0.2) is 0 Å². The van der Waals surface area contributed by atoms with Crippen LogP contribution in [0.1, 0.15) is 16.2 Å². The van der Waals surface area contributed by atoms with E-state index in [0.717, 1.165) is 11.3 Å². The Morgan fingerprint density at radius 3 is 2.81 bits per heavy atom. The molecule has 2 heterocycles. The highest BCUT2D eigenvalue weighted by atomic mass is 32.1. The van der Waals surface area contributed by atoms with Crippen LogP contribution >= 0.6 is 11.3 Å². The van der Waals surface area contributed by atoms with Gasteiger partial charge in [0.05, 0.1) is 32.1 Å². The number of hydrogen-bond donors (Lipinski definition) is 1. The molecule has 3 rings (SSSR count). The van der Waals surface area contributed by atoms with Gasteiger partial charge in [-0.1, -0.05) is 12.1 Å². The van der Waals surface area contributed by atoms with E-state index < -0.39 is 0 Å². The van der Waals surface area contributed by atoms with E-state index in [1.165, 1.54) is 4.88 Å². The second-order valence-corrected chi connectivity index (χ2v) is 7.09. The molecular weight excluding hydrogens is 348 g/mol. The van der Waals surface area contributed by atoms with Gasteiger partial charge in [0.2, 0.25) is 5.91 Å². The summed E-state index contributed by atoms with van der Waals surface area (Å²) in [5, 5.41) is 5.00. The van der Waals surface area contributed by atoms with Gasteiger partial charge in [-0.15, -0.1) is 11.3 Å². The first-order chi connectivity index (χ1) is 12.6. The SMILES string of the molecule is COc1ccc(C)cc1NC(=O)CN(Cc1ccco1)Cc1cccs1. The van der Waals surface area contributed by atoms with E-state index in [1.54, 1.807) is 24.7 Å². The minimum absolute atomic E-state index is 0.0861. The minimum atomic E-state index is -0.0861. The lowest BCUT2D eigenvalue weighted by Gasteiger charge is -2.20. The van der Waals surface area contributed by atoms with E-state index in [-0.39, 0.29) is 12.5 Å². The zero-order valence-corrected chi connectivity index (χ0v) is 15.7. The fourth-order valence-corrected chi connectivity index (χ4v) is 3.47. The van der Waals surface area contributed by atoms with Crippen LogP contribution in [-0.2, 0) is 17.9 Å². The van der Waals surface area contributed by atoms with Crippen molar-refractivity contribution in [2.45, 2.75) is 20.0 Å². The van der Waals surface area contributed by atoms with Gasteiger partial charge in [-0.25, -0.2) is 0 Å². The zero-order valence-electron chi connectivity index (χ0n) is 14.9. The van der Waals surface area contributed by atoms with Crippen molar-refractivity contribution in [3.05, 3.63) is 70.3 Å². The Hall–Kier alpha value is -2.57. The molecule has 0 fully saturated rings. The number of anilines is 1. The van der Waals surface area contributed by atoms with Crippen molar-refractivity contribution in [1.82, 2.24) is 4.90 Å². The normalized spacial score (nSPS) is 10.9. The molecule has 0 aliphatic heterocycles. The quantitative estimate of drug-likeness (QED) is 0.642. The van der Waals surface area contributed by atoms with Crippen LogP contribution in [0, 0.1) is 6.92 Å². The van der Waals surface area contributed by atoms with E-state index in [9.17, 15) is 4.79 Å². The Balaban J connectivity index is 1.69. The van der Waals surface area contributed by atoms with Crippen molar-refractivity contribution in [1.29, 1.82) is 0 Å². The summed E-state index contributed by atoms with van der Waals surface area (Å²) in [6.45, 7) is 3.50. The molecule has 0 aliphatic carbocycles. The zero-order chi connectivity index (χ0) is 18.4. The number of ether oxygens (including phenoxy) is 1. The molecule has 3 aromatic rings. The number of nitrogens with one attached hydrogen (secondary N) is 1. The molecule has 0 unspecified atom stereocenters. The van der Waals surface area contributed by atoms with Gasteiger partial charge in [-0.2, -0.15) is 0 Å². The number of furan rings is 1. The molecule has 1 N–H and O–H groups in total. The third kappa shape index (κ3) is 4.97. The highest BCUT2D eigenvalue weighted by Crippen LogP contribution is 2.25. The van der Waals surface area contributed by atoms with Crippen LogP contribution < -0.4 is 10.1 Å². The van der Waals surface area contributed by atoms with Crippen LogP contribution in [0.4, 0.5) is 5.69 Å². The molecule has 0 spiro atoms. The monoisotopic (exact) mass is 370 g/mol. The van der Waals surface area contributed by atoms with Crippen molar-refractivity contribution in [3.63, 3.8) is 0 Å². The fraction of sp³-hybridized carbons (Fsp3) is 0.250. The average Bonchev–Trinajstić information content (AvgIpc) is 3.29. The Labute approximate surface area is 157 Å². The summed E-state index contributed by atoms with van der Waals surface area (Å²) in [4.78, 5) is 15.9. The maximum atomic E-state index is 12.6. The number of nitrogens with zero attached hydrogens (tertiary/aromatic N) is 1. The predicted molar refractivity (Wildman–Crippen MR) is 104 cm³/mol. The maximum Gasteiger partial charge on any atom is 0.238 e. The van der Waals surface area contributed by atoms with Crippen molar-refractivity contribution in [2.75, 3.05) is 19.0 Å². The van der Waals surface area contributed by atoms with Crippen molar-refractivity contribution in [3.8, 4) is 5.75 Å². The Morgan fingerprint density at radius 1 is 1.23 bits per heavy atom. The lowest BCUT2D eigenvalue weighted by molar-refractivity contribution is -0.117. The number of benzene rings is 1. The molecule has 26 heavy (non-hydrogen) atoms. The van der Waals surface area contributed by atoms with Crippen LogP contribution in [0.2, 0.25) is 0 Å². The second-order valence-electron chi connectivity index (χ2n) is 6.06. The number of thiophene rings is 1. The van der Waals surface area contributed by atoms with Crippen molar-refractivity contribution < 1.29 is 13.9 Å². The highest BCUT2D eigenvalue weighted by Gasteiger charge is 2.15. The Morgan fingerprint density at radius 2 is 2.12 bits per heavy atom. The van der Waals surface area contributed by atoms with Crippen LogP contribution in [-0.4, -0.2) is 24.5 Å². The molecule has 0 atom stereocenters. The second kappa shape index (κ2) is 8.69. The number of hydrogen-bond acceptors (Lipinski definition) is 5. The van der Waals surface area contributed by atoms with Gasteiger partial charge in [0, 0.05) is 11.4 Å². The summed E-state index contributed by atoms with van der Waals surface area (Å²) in [5.74, 6) is 1.40. The number of rotatable bonds is 8. The average molecular weight is 370 g/mol. The van der Waals surface area contributed by atoms with E-state index >= 15 is 0 Å². The molecule has 0 bridgehead atoms. The van der Waals surface area contributed by atoms with Gasteiger partial charge >= 0.3 is 0 Å². The first-order valence-electron chi connectivity index (χ1n) is 8.35. The van der Waals surface area contributed by atoms with E-state index in [0.29, 0.717) is 24.5 Å². The number of amides is 1. The summed E-state index contributed by atoms with van der Waals surface area (Å²) in [6.07, 6.45) is 1.65. The number of aryl methyl sites for hydroxylation is 1. The molecule has 0 aliphatic rings. The first-order valence-corrected chi connectivity index (χ1v) is 9.23. The lowest BCUT2D eigenvalue weighted by Crippen LogP contribution is -2.32. The Bertz CT molecular complexity index is 793. The third-order valence-corrected chi connectivity index (χ3v) is 4.78. The summed E-state index contributed by atoms with van der Waals surface area (Å²) >= 11 is 1.68. The third-order valence-electron chi connectivity index (χ3n) is 3.92.